The number of benzene rings is 1. The topological polar surface area (TPSA) is 20.2 Å². The highest BCUT2D eigenvalue weighted by molar-refractivity contribution is 9.10. The highest BCUT2D eigenvalue weighted by atomic mass is 79.9. The number of hydrogen-bond acceptors (Lipinski definition) is 1. The van der Waals surface area contributed by atoms with Crippen LogP contribution in [0.2, 0.25) is 0 Å². The second-order valence-electron chi connectivity index (χ2n) is 2.44. The van der Waals surface area contributed by atoms with Gasteiger partial charge in [-0.15, -0.1) is 0 Å². The van der Waals surface area contributed by atoms with E-state index in [2.05, 4.69) is 15.9 Å². The Kier molecular flexibility index (Phi) is 2.80. The predicted molar refractivity (Wildman–Crippen MR) is 44.7 cm³/mol. The molecule has 0 heterocycles. The van der Waals surface area contributed by atoms with Crippen LogP contribution >= 0.6 is 15.9 Å². The second kappa shape index (κ2) is 3.49. The van der Waals surface area contributed by atoms with Gasteiger partial charge in [-0.3, -0.25) is 0 Å². The van der Waals surface area contributed by atoms with Crippen molar-refractivity contribution >= 4 is 15.9 Å². The molecule has 1 nitrogen and oxygen atoms in total. The first-order valence-electron chi connectivity index (χ1n) is 3.35. The molecule has 0 aliphatic heterocycles. The van der Waals surface area contributed by atoms with Crippen molar-refractivity contribution in [3.05, 3.63) is 33.8 Å². The first-order valence-corrected chi connectivity index (χ1v) is 4.14. The third-order valence-electron chi connectivity index (χ3n) is 1.52. The maximum Gasteiger partial charge on any atom is 0.173 e. The summed E-state index contributed by atoms with van der Waals surface area (Å²) >= 11 is 2.86. The van der Waals surface area contributed by atoms with E-state index in [0.717, 1.165) is 6.07 Å². The average molecular weight is 237 g/mol. The third-order valence-corrected chi connectivity index (χ3v) is 2.32. The number of hydrogen-bond donors (Lipinski definition) is 1. The summed E-state index contributed by atoms with van der Waals surface area (Å²) < 4.78 is 25.3. The fraction of sp³-hybridized carbons (Fsp3) is 0.250. The Bertz CT molecular complexity index is 299. The summed E-state index contributed by atoms with van der Waals surface area (Å²) in [6.45, 7) is 1.48. The summed E-state index contributed by atoms with van der Waals surface area (Å²) in [5.41, 5.74) is 0.342. The van der Waals surface area contributed by atoms with Crippen molar-refractivity contribution < 1.29 is 13.9 Å². The first-order chi connectivity index (χ1) is 5.54. The molecule has 0 aliphatic rings. The monoisotopic (exact) mass is 236 g/mol. The minimum atomic E-state index is -0.964. The summed E-state index contributed by atoms with van der Waals surface area (Å²) in [7, 11) is 0. The van der Waals surface area contributed by atoms with Crippen LogP contribution in [0.4, 0.5) is 8.78 Å². The average Bonchev–Trinajstić information content (AvgIpc) is 2.00. The van der Waals surface area contributed by atoms with Crippen LogP contribution < -0.4 is 0 Å². The quantitative estimate of drug-likeness (QED) is 0.744. The molecule has 0 bridgehead atoms. The van der Waals surface area contributed by atoms with Crippen LogP contribution in [0.1, 0.15) is 18.6 Å². The van der Waals surface area contributed by atoms with Crippen molar-refractivity contribution in [1.82, 2.24) is 0 Å². The Balaban J connectivity index is 3.27. The van der Waals surface area contributed by atoms with E-state index in [-0.39, 0.29) is 4.47 Å². The highest BCUT2D eigenvalue weighted by Crippen LogP contribution is 2.27. The van der Waals surface area contributed by atoms with Crippen LogP contribution in [0.15, 0.2) is 16.6 Å². The minimum Gasteiger partial charge on any atom is -0.389 e. The molecule has 0 fully saturated rings. The fourth-order valence-corrected chi connectivity index (χ4v) is 1.52. The molecule has 0 radical (unpaired) electrons. The minimum absolute atomic E-state index is 0.0162. The van der Waals surface area contributed by atoms with Crippen LogP contribution in [-0.2, 0) is 0 Å². The summed E-state index contributed by atoms with van der Waals surface area (Å²) in [4.78, 5) is 0. The highest BCUT2D eigenvalue weighted by Gasteiger charge is 2.13. The molecule has 0 aromatic heterocycles. The lowest BCUT2D eigenvalue weighted by Gasteiger charge is -2.07. The van der Waals surface area contributed by atoms with Gasteiger partial charge in [0.15, 0.2) is 11.6 Å². The molecule has 1 atom stereocenters. The Labute approximate surface area is 77.2 Å². The van der Waals surface area contributed by atoms with Crippen LogP contribution in [0.5, 0.6) is 0 Å². The van der Waals surface area contributed by atoms with E-state index in [1.807, 2.05) is 0 Å². The van der Waals surface area contributed by atoms with Crippen molar-refractivity contribution in [2.75, 3.05) is 0 Å². The van der Waals surface area contributed by atoms with Gasteiger partial charge in [-0.2, -0.15) is 0 Å². The van der Waals surface area contributed by atoms with Crippen molar-refractivity contribution in [1.29, 1.82) is 0 Å². The maximum absolute atomic E-state index is 12.8. The van der Waals surface area contributed by atoms with Crippen molar-refractivity contribution in [2.24, 2.45) is 0 Å². The molecule has 0 saturated carbocycles. The SMILES string of the molecule is C[C@@H](O)c1ccc(F)c(F)c1Br. The molecule has 0 unspecified atom stereocenters. The maximum atomic E-state index is 12.8. The van der Waals surface area contributed by atoms with Crippen LogP contribution in [0.3, 0.4) is 0 Å². The summed E-state index contributed by atoms with van der Waals surface area (Å²) in [5, 5.41) is 9.10. The van der Waals surface area contributed by atoms with E-state index in [0.29, 0.717) is 5.56 Å². The van der Waals surface area contributed by atoms with E-state index in [1.165, 1.54) is 13.0 Å². The molecule has 1 rings (SSSR count). The van der Waals surface area contributed by atoms with E-state index < -0.39 is 17.7 Å². The summed E-state index contributed by atoms with van der Waals surface area (Å²) in [6, 6.07) is 2.33. The Hall–Kier alpha value is -0.480. The molecule has 1 aromatic rings. The molecule has 1 N–H and O–H groups in total. The lowest BCUT2D eigenvalue weighted by Crippen LogP contribution is -1.96. The fourth-order valence-electron chi connectivity index (χ4n) is 0.863. The van der Waals surface area contributed by atoms with Crippen molar-refractivity contribution in [2.45, 2.75) is 13.0 Å². The van der Waals surface area contributed by atoms with Crippen LogP contribution in [-0.4, -0.2) is 5.11 Å². The lowest BCUT2D eigenvalue weighted by molar-refractivity contribution is 0.197. The first kappa shape index (κ1) is 9.61. The number of halogens is 3. The summed E-state index contributed by atoms with van der Waals surface area (Å²) in [6.07, 6.45) is -0.811. The third kappa shape index (κ3) is 1.64. The molecular weight excluding hydrogens is 230 g/mol. The largest absolute Gasteiger partial charge is 0.389 e. The molecule has 66 valence electrons. The molecule has 0 amide bonds. The van der Waals surface area contributed by atoms with Gasteiger partial charge in [-0.05, 0) is 34.5 Å². The van der Waals surface area contributed by atoms with E-state index in [4.69, 9.17) is 5.11 Å². The molecule has 1 aromatic carbocycles. The van der Waals surface area contributed by atoms with Gasteiger partial charge >= 0.3 is 0 Å². The number of rotatable bonds is 1. The van der Waals surface area contributed by atoms with Crippen LogP contribution in [0, 0.1) is 11.6 Å². The smallest absolute Gasteiger partial charge is 0.173 e. The van der Waals surface area contributed by atoms with E-state index >= 15 is 0 Å². The Morgan fingerprint density at radius 2 is 2.00 bits per heavy atom. The second-order valence-corrected chi connectivity index (χ2v) is 3.23. The van der Waals surface area contributed by atoms with Gasteiger partial charge in [-0.25, -0.2) is 8.78 Å². The molecule has 0 aliphatic carbocycles. The molecule has 12 heavy (non-hydrogen) atoms. The van der Waals surface area contributed by atoms with Crippen molar-refractivity contribution in [3.63, 3.8) is 0 Å². The van der Waals surface area contributed by atoms with Gasteiger partial charge < -0.3 is 5.11 Å². The van der Waals surface area contributed by atoms with Gasteiger partial charge in [0.25, 0.3) is 0 Å². The number of aliphatic hydroxyl groups excluding tert-OH is 1. The zero-order chi connectivity index (χ0) is 9.30. The predicted octanol–water partition coefficient (Wildman–Crippen LogP) is 2.78. The van der Waals surface area contributed by atoms with Gasteiger partial charge in [0, 0.05) is 0 Å². The molecule has 0 saturated heterocycles. The molecular formula is C8H7BrF2O. The van der Waals surface area contributed by atoms with Gasteiger partial charge in [0.1, 0.15) is 0 Å². The van der Waals surface area contributed by atoms with Gasteiger partial charge in [-0.1, -0.05) is 6.07 Å². The van der Waals surface area contributed by atoms with Crippen LogP contribution in [0.25, 0.3) is 0 Å². The van der Waals surface area contributed by atoms with E-state index in [1.54, 1.807) is 0 Å². The van der Waals surface area contributed by atoms with E-state index in [9.17, 15) is 8.78 Å². The van der Waals surface area contributed by atoms with Gasteiger partial charge in [0.2, 0.25) is 0 Å². The zero-order valence-electron chi connectivity index (χ0n) is 6.31. The van der Waals surface area contributed by atoms with Crippen molar-refractivity contribution in [3.8, 4) is 0 Å². The standard InChI is InChI=1S/C8H7BrF2O/c1-4(12)5-2-3-6(10)8(11)7(5)9/h2-4,12H,1H3/t4-/m1/s1. The Morgan fingerprint density at radius 1 is 1.42 bits per heavy atom. The van der Waals surface area contributed by atoms with Gasteiger partial charge in [0.05, 0.1) is 10.6 Å². The summed E-state index contributed by atoms with van der Waals surface area (Å²) in [5.74, 6) is -1.89. The lowest BCUT2D eigenvalue weighted by atomic mass is 10.1. The normalized spacial score (nSPS) is 13.1. The Morgan fingerprint density at radius 3 is 2.50 bits per heavy atom. The molecule has 4 heteroatoms. The zero-order valence-corrected chi connectivity index (χ0v) is 7.90. The molecule has 0 spiro atoms. The number of aliphatic hydroxyl groups is 1.